The molecule has 228 valence electrons. The summed E-state index contributed by atoms with van der Waals surface area (Å²) in [6, 6.07) is 19.9. The summed E-state index contributed by atoms with van der Waals surface area (Å²) >= 11 is 5.96. The Hall–Kier alpha value is -4.15. The Morgan fingerprint density at radius 1 is 1.07 bits per heavy atom. The van der Waals surface area contributed by atoms with Crippen molar-refractivity contribution in [3.05, 3.63) is 82.9 Å². The van der Waals surface area contributed by atoms with Gasteiger partial charge in [-0.1, -0.05) is 66.2 Å². The monoisotopic (exact) mass is 605 g/mol. The summed E-state index contributed by atoms with van der Waals surface area (Å²) < 4.78 is 0. The van der Waals surface area contributed by atoms with Gasteiger partial charge in [-0.05, 0) is 53.3 Å². The SMILES string of the molecule is CNC(=O)C(Cc1ccc2ccccc2c1)N1CCC(CNC(=O)Cc2ccc(Cl)cc2)NC(CCCN=C(N)N)C1=O. The van der Waals surface area contributed by atoms with Crippen molar-refractivity contribution in [3.8, 4) is 0 Å². The largest absolute Gasteiger partial charge is 0.370 e. The molecule has 7 N–H and O–H groups in total. The molecule has 11 heteroatoms. The van der Waals surface area contributed by atoms with Crippen molar-refractivity contribution in [2.24, 2.45) is 16.5 Å². The van der Waals surface area contributed by atoms with Crippen molar-refractivity contribution < 1.29 is 14.4 Å². The molecule has 3 amide bonds. The molecule has 0 aromatic heterocycles. The maximum Gasteiger partial charge on any atom is 0.242 e. The highest BCUT2D eigenvalue weighted by atomic mass is 35.5. The Balaban J connectivity index is 1.50. The molecular weight excluding hydrogens is 566 g/mol. The first-order valence-corrected chi connectivity index (χ1v) is 14.9. The number of likely N-dealkylation sites (N-methyl/N-ethyl adjacent to an activating group) is 1. The number of nitrogens with zero attached hydrogens (tertiary/aromatic N) is 2. The Bertz CT molecular complexity index is 1440. The van der Waals surface area contributed by atoms with Gasteiger partial charge in [0.2, 0.25) is 17.7 Å². The molecule has 1 aliphatic heterocycles. The zero-order valence-corrected chi connectivity index (χ0v) is 25.1. The molecule has 3 atom stereocenters. The van der Waals surface area contributed by atoms with Gasteiger partial charge >= 0.3 is 0 Å². The summed E-state index contributed by atoms with van der Waals surface area (Å²) in [5.41, 5.74) is 12.8. The van der Waals surface area contributed by atoms with Crippen LogP contribution in [0.5, 0.6) is 0 Å². The van der Waals surface area contributed by atoms with Crippen LogP contribution in [0.4, 0.5) is 0 Å². The van der Waals surface area contributed by atoms with Gasteiger partial charge in [-0.15, -0.1) is 0 Å². The molecule has 4 rings (SSSR count). The molecule has 3 aromatic rings. The average molecular weight is 606 g/mol. The standard InChI is InChI=1S/C32H40ClN7O3/c1-36-30(42)28(18-22-8-11-23-5-2-3-6-24(23)17-22)40-16-14-26(39-27(31(40)43)7-4-15-37-32(34)35)20-38-29(41)19-21-9-12-25(33)13-10-21/h2-3,5-6,8-13,17,26-28,39H,4,7,14-16,18-20H2,1H3,(H,36,42)(H,38,41)(H4,34,35,37). The third-order valence-corrected chi connectivity index (χ3v) is 7.93. The van der Waals surface area contributed by atoms with Crippen molar-refractivity contribution in [3.63, 3.8) is 0 Å². The molecule has 0 bridgehead atoms. The van der Waals surface area contributed by atoms with E-state index in [0.717, 1.165) is 21.9 Å². The first-order chi connectivity index (χ1) is 20.7. The highest BCUT2D eigenvalue weighted by molar-refractivity contribution is 6.30. The zero-order chi connectivity index (χ0) is 30.8. The number of nitrogens with two attached hydrogens (primary N) is 2. The molecule has 0 aliphatic carbocycles. The quantitative estimate of drug-likeness (QED) is 0.121. The summed E-state index contributed by atoms with van der Waals surface area (Å²) in [7, 11) is 1.59. The lowest BCUT2D eigenvalue weighted by molar-refractivity contribution is -0.141. The minimum absolute atomic E-state index is 0.00174. The van der Waals surface area contributed by atoms with Crippen LogP contribution < -0.4 is 27.4 Å². The Kier molecular flexibility index (Phi) is 11.4. The lowest BCUT2D eigenvalue weighted by atomic mass is 9.99. The van der Waals surface area contributed by atoms with Crippen molar-refractivity contribution in [1.29, 1.82) is 0 Å². The molecule has 0 spiro atoms. The predicted octanol–water partition coefficient (Wildman–Crippen LogP) is 2.12. The number of fused-ring (bicyclic) bond motifs is 1. The van der Waals surface area contributed by atoms with E-state index in [1.165, 1.54) is 0 Å². The summed E-state index contributed by atoms with van der Waals surface area (Å²) in [4.78, 5) is 45.7. The van der Waals surface area contributed by atoms with Crippen LogP contribution in [-0.4, -0.2) is 73.4 Å². The molecule has 3 unspecified atom stereocenters. The van der Waals surface area contributed by atoms with Gasteiger partial charge in [0.1, 0.15) is 6.04 Å². The Labute approximate surface area is 257 Å². The highest BCUT2D eigenvalue weighted by Gasteiger charge is 2.37. The van der Waals surface area contributed by atoms with Crippen LogP contribution in [0.25, 0.3) is 10.8 Å². The topological polar surface area (TPSA) is 155 Å². The minimum Gasteiger partial charge on any atom is -0.370 e. The second-order valence-electron chi connectivity index (χ2n) is 10.8. The number of halogens is 1. The molecule has 1 saturated heterocycles. The van der Waals surface area contributed by atoms with E-state index >= 15 is 0 Å². The third kappa shape index (κ3) is 9.17. The van der Waals surface area contributed by atoms with Gasteiger partial charge in [-0.3, -0.25) is 19.4 Å². The summed E-state index contributed by atoms with van der Waals surface area (Å²) in [6.07, 6.45) is 2.20. The van der Waals surface area contributed by atoms with Gasteiger partial charge in [0.05, 0.1) is 12.5 Å². The van der Waals surface area contributed by atoms with Crippen LogP contribution in [0.3, 0.4) is 0 Å². The number of nitrogens with one attached hydrogen (secondary N) is 3. The predicted molar refractivity (Wildman–Crippen MR) is 171 cm³/mol. The number of benzene rings is 3. The normalized spacial score (nSPS) is 17.6. The number of rotatable bonds is 12. The van der Waals surface area contributed by atoms with Crippen molar-refractivity contribution in [1.82, 2.24) is 20.9 Å². The second-order valence-corrected chi connectivity index (χ2v) is 11.2. The van der Waals surface area contributed by atoms with E-state index in [2.05, 4.69) is 27.0 Å². The summed E-state index contributed by atoms with van der Waals surface area (Å²) in [5.74, 6) is -0.511. The van der Waals surface area contributed by atoms with Gasteiger partial charge < -0.3 is 32.3 Å². The van der Waals surface area contributed by atoms with E-state index in [0.29, 0.717) is 50.3 Å². The Morgan fingerprint density at radius 3 is 2.51 bits per heavy atom. The lowest BCUT2D eigenvalue weighted by Crippen LogP contribution is -2.54. The van der Waals surface area contributed by atoms with Crippen LogP contribution in [0.1, 0.15) is 30.4 Å². The molecule has 1 fully saturated rings. The van der Waals surface area contributed by atoms with Crippen LogP contribution in [0, 0.1) is 0 Å². The smallest absolute Gasteiger partial charge is 0.242 e. The highest BCUT2D eigenvalue weighted by Crippen LogP contribution is 2.21. The maximum atomic E-state index is 14.0. The summed E-state index contributed by atoms with van der Waals surface area (Å²) in [5, 5.41) is 12.0. The first kappa shape index (κ1) is 31.8. The van der Waals surface area contributed by atoms with Gasteiger partial charge in [-0.2, -0.15) is 0 Å². The van der Waals surface area contributed by atoms with E-state index in [1.54, 1.807) is 24.1 Å². The first-order valence-electron chi connectivity index (χ1n) is 14.6. The van der Waals surface area contributed by atoms with Crippen LogP contribution in [0.2, 0.25) is 5.02 Å². The molecule has 0 radical (unpaired) electrons. The van der Waals surface area contributed by atoms with Crippen LogP contribution in [0.15, 0.2) is 71.7 Å². The number of carbonyl (C=O) groups excluding carboxylic acids is 3. The fourth-order valence-electron chi connectivity index (χ4n) is 5.41. The van der Waals surface area contributed by atoms with Crippen LogP contribution >= 0.6 is 11.6 Å². The van der Waals surface area contributed by atoms with E-state index in [-0.39, 0.29) is 36.1 Å². The maximum absolute atomic E-state index is 14.0. The number of aliphatic imine (C=N–C) groups is 1. The van der Waals surface area contributed by atoms with E-state index in [4.69, 9.17) is 23.1 Å². The molecular formula is C32H40ClN7O3. The van der Waals surface area contributed by atoms with Crippen LogP contribution in [-0.2, 0) is 27.2 Å². The number of amides is 3. The fourth-order valence-corrected chi connectivity index (χ4v) is 5.54. The fraction of sp³-hybridized carbons (Fsp3) is 0.375. The van der Waals surface area contributed by atoms with E-state index < -0.39 is 12.1 Å². The van der Waals surface area contributed by atoms with Crippen molar-refractivity contribution in [2.75, 3.05) is 26.7 Å². The van der Waals surface area contributed by atoms with Gasteiger partial charge in [0.15, 0.2) is 5.96 Å². The van der Waals surface area contributed by atoms with Gasteiger partial charge in [0, 0.05) is 44.2 Å². The molecule has 0 saturated carbocycles. The van der Waals surface area contributed by atoms with E-state index in [1.807, 2.05) is 48.5 Å². The van der Waals surface area contributed by atoms with Gasteiger partial charge in [-0.25, -0.2) is 0 Å². The number of guanidine groups is 1. The molecule has 43 heavy (non-hydrogen) atoms. The second kappa shape index (κ2) is 15.4. The average Bonchev–Trinajstić information content (AvgIpc) is 3.15. The molecule has 1 heterocycles. The van der Waals surface area contributed by atoms with Gasteiger partial charge in [0.25, 0.3) is 0 Å². The van der Waals surface area contributed by atoms with Crippen molar-refractivity contribution in [2.45, 2.75) is 50.2 Å². The zero-order valence-electron chi connectivity index (χ0n) is 24.4. The third-order valence-electron chi connectivity index (χ3n) is 7.67. The Morgan fingerprint density at radius 2 is 1.79 bits per heavy atom. The molecule has 3 aromatic carbocycles. The minimum atomic E-state index is -0.695. The number of carbonyl (C=O) groups is 3. The summed E-state index contributed by atoms with van der Waals surface area (Å²) in [6.45, 7) is 1.08. The van der Waals surface area contributed by atoms with Crippen molar-refractivity contribution >= 4 is 46.1 Å². The molecule has 1 aliphatic rings. The molecule has 10 nitrogen and oxygen atoms in total. The lowest BCUT2D eigenvalue weighted by Gasteiger charge is -2.31. The number of hydrogen-bond donors (Lipinski definition) is 5. The van der Waals surface area contributed by atoms with E-state index in [9.17, 15) is 14.4 Å². The number of hydrogen-bond acceptors (Lipinski definition) is 5.